The number of likely N-dealkylation sites (tertiary alicyclic amines) is 1. The normalized spacial score (nSPS) is 19.4. The zero-order valence-electron chi connectivity index (χ0n) is 10.9. The summed E-state index contributed by atoms with van der Waals surface area (Å²) in [5, 5.41) is 9.77. The number of hydrogen-bond donors (Lipinski definition) is 1. The molecule has 0 bridgehead atoms. The molecule has 1 atom stereocenters. The number of amides is 1. The number of hydrogen-bond acceptors (Lipinski definition) is 7. The number of esters is 1. The fourth-order valence-electron chi connectivity index (χ4n) is 2.11. The molecule has 1 N–H and O–H groups in total. The number of aryl methyl sites for hydroxylation is 1. The monoisotopic (exact) mass is 268 g/mol. The Bertz CT molecular complexity index is 473. The van der Waals surface area contributed by atoms with Gasteiger partial charge in [-0.1, -0.05) is 5.10 Å². The minimum atomic E-state index is -0.347. The molecular formula is C11H16N4O4. The molecule has 1 unspecified atom stereocenters. The Morgan fingerprint density at radius 3 is 2.95 bits per heavy atom. The maximum Gasteiger partial charge on any atom is 0.323 e. The molecule has 0 spiro atoms. The molecule has 8 nitrogen and oxygen atoms in total. The number of carbonyl (C=O) groups is 2. The smallest absolute Gasteiger partial charge is 0.323 e. The number of ether oxygens (including phenoxy) is 1. The summed E-state index contributed by atoms with van der Waals surface area (Å²) in [6, 6.07) is -0.281. The van der Waals surface area contributed by atoms with Gasteiger partial charge in [-0.3, -0.25) is 19.8 Å². The van der Waals surface area contributed by atoms with E-state index in [2.05, 4.69) is 15.5 Å². The second kappa shape index (κ2) is 5.79. The summed E-state index contributed by atoms with van der Waals surface area (Å²) in [5.41, 5.74) is 0. The van der Waals surface area contributed by atoms with Crippen LogP contribution in [0.3, 0.4) is 0 Å². The topological polar surface area (TPSA) is 97.6 Å². The van der Waals surface area contributed by atoms with Gasteiger partial charge in [0.05, 0.1) is 13.7 Å². The van der Waals surface area contributed by atoms with Crippen LogP contribution < -0.4 is 5.32 Å². The third kappa shape index (κ3) is 3.28. The standard InChI is InChI=1S/C11H16N4O4/c1-7-13-14-11(19-7)12-9(16)6-15-5-3-4-8(15)10(17)18-2/h8H,3-6H2,1-2H3,(H,12,14,16). The highest BCUT2D eigenvalue weighted by molar-refractivity contribution is 5.90. The Labute approximate surface area is 110 Å². The molecule has 1 fully saturated rings. The SMILES string of the molecule is COC(=O)C1CCCN1CC(=O)Nc1nnc(C)o1. The molecule has 1 aromatic rings. The van der Waals surface area contributed by atoms with Crippen LogP contribution in [0.5, 0.6) is 0 Å². The Morgan fingerprint density at radius 1 is 1.53 bits per heavy atom. The number of aromatic nitrogens is 2. The van der Waals surface area contributed by atoms with Gasteiger partial charge in [-0.05, 0) is 19.4 Å². The summed E-state index contributed by atoms with van der Waals surface area (Å²) >= 11 is 0. The van der Waals surface area contributed by atoms with Gasteiger partial charge in [-0.2, -0.15) is 0 Å². The molecule has 1 aliphatic rings. The van der Waals surface area contributed by atoms with Gasteiger partial charge in [0.2, 0.25) is 11.8 Å². The van der Waals surface area contributed by atoms with Gasteiger partial charge in [0.25, 0.3) is 0 Å². The Hall–Kier alpha value is -1.96. The zero-order chi connectivity index (χ0) is 13.8. The van der Waals surface area contributed by atoms with Crippen LogP contribution >= 0.6 is 0 Å². The van der Waals surface area contributed by atoms with E-state index in [-0.39, 0.29) is 30.5 Å². The van der Waals surface area contributed by atoms with Gasteiger partial charge < -0.3 is 9.15 Å². The van der Waals surface area contributed by atoms with Gasteiger partial charge >= 0.3 is 12.0 Å². The van der Waals surface area contributed by atoms with E-state index in [1.54, 1.807) is 11.8 Å². The van der Waals surface area contributed by atoms with Crippen molar-refractivity contribution in [1.82, 2.24) is 15.1 Å². The lowest BCUT2D eigenvalue weighted by Crippen LogP contribution is -2.41. The van der Waals surface area contributed by atoms with Gasteiger partial charge in [-0.15, -0.1) is 5.10 Å². The lowest BCUT2D eigenvalue weighted by atomic mass is 10.2. The summed E-state index contributed by atoms with van der Waals surface area (Å²) in [6.45, 7) is 2.42. The largest absolute Gasteiger partial charge is 0.468 e. The van der Waals surface area contributed by atoms with Crippen LogP contribution in [0, 0.1) is 6.92 Å². The van der Waals surface area contributed by atoms with Crippen LogP contribution in [-0.4, -0.2) is 53.2 Å². The van der Waals surface area contributed by atoms with Crippen molar-refractivity contribution < 1.29 is 18.7 Å². The second-order valence-corrected chi connectivity index (χ2v) is 4.33. The zero-order valence-corrected chi connectivity index (χ0v) is 10.9. The van der Waals surface area contributed by atoms with Crippen molar-refractivity contribution >= 4 is 17.9 Å². The maximum atomic E-state index is 11.8. The van der Waals surface area contributed by atoms with Crippen LogP contribution in [0.25, 0.3) is 0 Å². The van der Waals surface area contributed by atoms with Crippen molar-refractivity contribution in [3.63, 3.8) is 0 Å². The second-order valence-electron chi connectivity index (χ2n) is 4.33. The number of anilines is 1. The van der Waals surface area contributed by atoms with Crippen molar-refractivity contribution in [1.29, 1.82) is 0 Å². The Balaban J connectivity index is 1.89. The van der Waals surface area contributed by atoms with Crippen LogP contribution in [0.2, 0.25) is 0 Å². The van der Waals surface area contributed by atoms with Crippen LogP contribution in [-0.2, 0) is 14.3 Å². The molecule has 104 valence electrons. The number of rotatable bonds is 4. The fourth-order valence-corrected chi connectivity index (χ4v) is 2.11. The maximum absolute atomic E-state index is 11.8. The molecule has 0 saturated carbocycles. The molecule has 1 amide bonds. The first kappa shape index (κ1) is 13.5. The Morgan fingerprint density at radius 2 is 2.32 bits per heavy atom. The minimum absolute atomic E-state index is 0.0660. The molecule has 0 radical (unpaired) electrons. The molecule has 0 aromatic carbocycles. The number of carbonyl (C=O) groups excluding carboxylic acids is 2. The van der Waals surface area contributed by atoms with Gasteiger partial charge in [0, 0.05) is 6.92 Å². The summed E-state index contributed by atoms with van der Waals surface area (Å²) in [4.78, 5) is 25.1. The molecule has 1 aliphatic heterocycles. The molecule has 2 heterocycles. The summed E-state index contributed by atoms with van der Waals surface area (Å²) in [6.07, 6.45) is 1.58. The first-order chi connectivity index (χ1) is 9.10. The van der Waals surface area contributed by atoms with E-state index in [0.29, 0.717) is 18.9 Å². The summed E-state index contributed by atoms with van der Waals surface area (Å²) < 4.78 is 9.76. The highest BCUT2D eigenvalue weighted by atomic mass is 16.5. The third-order valence-electron chi connectivity index (χ3n) is 2.96. The van der Waals surface area contributed by atoms with Crippen molar-refractivity contribution in [2.24, 2.45) is 0 Å². The van der Waals surface area contributed by atoms with Crippen molar-refractivity contribution in [3.8, 4) is 0 Å². The molecular weight excluding hydrogens is 252 g/mol. The first-order valence-corrected chi connectivity index (χ1v) is 6.02. The fraction of sp³-hybridized carbons (Fsp3) is 0.636. The van der Waals surface area contributed by atoms with E-state index in [9.17, 15) is 9.59 Å². The summed E-state index contributed by atoms with van der Waals surface area (Å²) in [5.74, 6) is -0.220. The highest BCUT2D eigenvalue weighted by Gasteiger charge is 2.32. The number of nitrogens with zero attached hydrogens (tertiary/aromatic N) is 3. The Kier molecular flexibility index (Phi) is 4.10. The van der Waals surface area contributed by atoms with E-state index in [1.165, 1.54) is 7.11 Å². The molecule has 1 saturated heterocycles. The van der Waals surface area contributed by atoms with Crippen LogP contribution in [0.15, 0.2) is 4.42 Å². The molecule has 2 rings (SSSR count). The molecule has 8 heteroatoms. The van der Waals surface area contributed by atoms with Gasteiger partial charge in [0.1, 0.15) is 6.04 Å². The first-order valence-electron chi connectivity index (χ1n) is 6.02. The molecule has 19 heavy (non-hydrogen) atoms. The predicted molar refractivity (Wildman–Crippen MR) is 64.3 cm³/mol. The third-order valence-corrected chi connectivity index (χ3v) is 2.96. The van der Waals surface area contributed by atoms with E-state index in [4.69, 9.17) is 9.15 Å². The lowest BCUT2D eigenvalue weighted by Gasteiger charge is -2.20. The summed E-state index contributed by atoms with van der Waals surface area (Å²) in [7, 11) is 1.35. The predicted octanol–water partition coefficient (Wildman–Crippen LogP) is -0.0461. The minimum Gasteiger partial charge on any atom is -0.468 e. The van der Waals surface area contributed by atoms with Gasteiger partial charge in [-0.25, -0.2) is 0 Å². The number of methoxy groups -OCH3 is 1. The van der Waals surface area contributed by atoms with Crippen molar-refractivity contribution in [2.75, 3.05) is 25.5 Å². The van der Waals surface area contributed by atoms with E-state index in [1.807, 2.05) is 0 Å². The van der Waals surface area contributed by atoms with Crippen LogP contribution in [0.4, 0.5) is 6.01 Å². The molecule has 1 aromatic heterocycles. The lowest BCUT2D eigenvalue weighted by molar-refractivity contribution is -0.146. The van der Waals surface area contributed by atoms with E-state index < -0.39 is 0 Å². The van der Waals surface area contributed by atoms with Crippen LogP contribution in [0.1, 0.15) is 18.7 Å². The average molecular weight is 268 g/mol. The van der Waals surface area contributed by atoms with Gasteiger partial charge in [0.15, 0.2) is 0 Å². The number of nitrogens with one attached hydrogen (secondary N) is 1. The van der Waals surface area contributed by atoms with E-state index in [0.717, 1.165) is 6.42 Å². The quantitative estimate of drug-likeness (QED) is 0.765. The molecule has 0 aliphatic carbocycles. The highest BCUT2D eigenvalue weighted by Crippen LogP contribution is 2.18. The van der Waals surface area contributed by atoms with E-state index >= 15 is 0 Å². The average Bonchev–Trinajstić information content (AvgIpc) is 2.97. The van der Waals surface area contributed by atoms with Crippen molar-refractivity contribution in [3.05, 3.63) is 5.89 Å². The van der Waals surface area contributed by atoms with Crippen molar-refractivity contribution in [2.45, 2.75) is 25.8 Å².